The summed E-state index contributed by atoms with van der Waals surface area (Å²) in [5.74, 6) is 2.38. The molecule has 0 spiro atoms. The predicted octanol–water partition coefficient (Wildman–Crippen LogP) is 3.53. The molecule has 0 aromatic heterocycles. The van der Waals surface area contributed by atoms with Crippen molar-refractivity contribution in [3.8, 4) is 0 Å². The molecule has 2 heterocycles. The standard InChI is InChI=1S/C16H20Cl2N2OS/c17-13-3-1-4-14(18)12(13)11-20-6-2-5-15(20)16(21)19-7-9-22-10-8-19/h1,3-4,15H,2,5-11H2. The summed E-state index contributed by atoms with van der Waals surface area (Å²) in [6.45, 7) is 3.33. The first-order valence-corrected chi connectivity index (χ1v) is 9.61. The molecule has 1 amide bonds. The van der Waals surface area contributed by atoms with Crippen LogP contribution < -0.4 is 0 Å². The molecule has 3 nitrogen and oxygen atoms in total. The van der Waals surface area contributed by atoms with Crippen LogP contribution in [0.25, 0.3) is 0 Å². The van der Waals surface area contributed by atoms with Gasteiger partial charge in [0.05, 0.1) is 6.04 Å². The van der Waals surface area contributed by atoms with E-state index in [1.807, 2.05) is 34.9 Å². The number of nitrogens with zero attached hydrogens (tertiary/aromatic N) is 2. The van der Waals surface area contributed by atoms with Crippen LogP contribution in [0, 0.1) is 0 Å². The summed E-state index contributed by atoms with van der Waals surface area (Å²) in [5, 5.41) is 1.36. The molecule has 0 N–H and O–H groups in total. The summed E-state index contributed by atoms with van der Waals surface area (Å²) in [6.07, 6.45) is 1.99. The largest absolute Gasteiger partial charge is 0.340 e. The molecule has 6 heteroatoms. The normalized spacial score (nSPS) is 23.0. The van der Waals surface area contributed by atoms with Crippen molar-refractivity contribution in [2.24, 2.45) is 0 Å². The smallest absolute Gasteiger partial charge is 0.239 e. The lowest BCUT2D eigenvalue weighted by Crippen LogP contribution is -2.48. The van der Waals surface area contributed by atoms with Crippen molar-refractivity contribution in [2.75, 3.05) is 31.1 Å². The lowest BCUT2D eigenvalue weighted by molar-refractivity contribution is -0.135. The van der Waals surface area contributed by atoms with Gasteiger partial charge in [-0.15, -0.1) is 0 Å². The zero-order valence-corrected chi connectivity index (χ0v) is 14.8. The second-order valence-corrected chi connectivity index (χ2v) is 7.81. The highest BCUT2D eigenvalue weighted by molar-refractivity contribution is 7.99. The van der Waals surface area contributed by atoms with Crippen molar-refractivity contribution in [3.05, 3.63) is 33.8 Å². The maximum absolute atomic E-state index is 12.8. The summed E-state index contributed by atoms with van der Waals surface area (Å²) < 4.78 is 0. The van der Waals surface area contributed by atoms with E-state index in [9.17, 15) is 4.79 Å². The minimum Gasteiger partial charge on any atom is -0.340 e. The Bertz CT molecular complexity index is 529. The van der Waals surface area contributed by atoms with E-state index >= 15 is 0 Å². The molecule has 1 aromatic rings. The first-order valence-electron chi connectivity index (χ1n) is 7.70. The third-order valence-electron chi connectivity index (χ3n) is 4.39. The molecule has 0 saturated carbocycles. The van der Waals surface area contributed by atoms with Gasteiger partial charge in [-0.05, 0) is 31.5 Å². The number of hydrogen-bond acceptors (Lipinski definition) is 3. The van der Waals surface area contributed by atoms with Crippen LogP contribution in [0.1, 0.15) is 18.4 Å². The zero-order valence-electron chi connectivity index (χ0n) is 12.4. The maximum atomic E-state index is 12.8. The molecule has 2 saturated heterocycles. The number of benzene rings is 1. The van der Waals surface area contributed by atoms with Gasteiger partial charge in [-0.2, -0.15) is 11.8 Å². The molecule has 2 aliphatic rings. The lowest BCUT2D eigenvalue weighted by atomic mass is 10.1. The summed E-state index contributed by atoms with van der Waals surface area (Å²) in [6, 6.07) is 5.55. The van der Waals surface area contributed by atoms with Crippen molar-refractivity contribution in [3.63, 3.8) is 0 Å². The van der Waals surface area contributed by atoms with E-state index in [0.29, 0.717) is 16.6 Å². The second kappa shape index (κ2) is 7.43. The SMILES string of the molecule is O=C(C1CCCN1Cc1c(Cl)cccc1Cl)N1CCSCC1. The molecule has 0 bridgehead atoms. The Labute approximate surface area is 145 Å². The van der Waals surface area contributed by atoms with E-state index in [-0.39, 0.29) is 11.9 Å². The first-order chi connectivity index (χ1) is 10.7. The highest BCUT2D eigenvalue weighted by Gasteiger charge is 2.34. The van der Waals surface area contributed by atoms with Gasteiger partial charge in [-0.25, -0.2) is 0 Å². The van der Waals surface area contributed by atoms with Crippen LogP contribution in [0.4, 0.5) is 0 Å². The summed E-state index contributed by atoms with van der Waals surface area (Å²) >= 11 is 14.5. The summed E-state index contributed by atoms with van der Waals surface area (Å²) in [7, 11) is 0. The quantitative estimate of drug-likeness (QED) is 0.825. The number of halogens is 2. The van der Waals surface area contributed by atoms with Crippen LogP contribution in [-0.2, 0) is 11.3 Å². The van der Waals surface area contributed by atoms with Crippen LogP contribution in [0.2, 0.25) is 10.0 Å². The van der Waals surface area contributed by atoms with Gasteiger partial charge >= 0.3 is 0 Å². The third-order valence-corrected chi connectivity index (χ3v) is 6.05. The van der Waals surface area contributed by atoms with E-state index in [1.165, 1.54) is 0 Å². The first kappa shape index (κ1) is 16.4. The monoisotopic (exact) mass is 358 g/mol. The maximum Gasteiger partial charge on any atom is 0.239 e. The Balaban J connectivity index is 1.71. The number of carbonyl (C=O) groups excluding carboxylic acids is 1. The number of amides is 1. The van der Waals surface area contributed by atoms with E-state index < -0.39 is 0 Å². The van der Waals surface area contributed by atoms with Crippen LogP contribution in [0.15, 0.2) is 18.2 Å². The van der Waals surface area contributed by atoms with E-state index in [2.05, 4.69) is 4.90 Å². The molecule has 120 valence electrons. The number of carbonyl (C=O) groups is 1. The van der Waals surface area contributed by atoms with Crippen molar-refractivity contribution >= 4 is 40.9 Å². The fourth-order valence-corrected chi connectivity index (χ4v) is 4.60. The van der Waals surface area contributed by atoms with Crippen LogP contribution in [0.3, 0.4) is 0 Å². The number of thioether (sulfide) groups is 1. The van der Waals surface area contributed by atoms with Crippen LogP contribution in [0.5, 0.6) is 0 Å². The van der Waals surface area contributed by atoms with Crippen molar-refractivity contribution < 1.29 is 4.79 Å². The van der Waals surface area contributed by atoms with Crippen molar-refractivity contribution in [1.82, 2.24) is 9.80 Å². The van der Waals surface area contributed by atoms with Crippen molar-refractivity contribution in [1.29, 1.82) is 0 Å². The van der Waals surface area contributed by atoms with E-state index in [0.717, 1.165) is 49.5 Å². The number of rotatable bonds is 3. The Morgan fingerprint density at radius 3 is 2.55 bits per heavy atom. The summed E-state index contributed by atoms with van der Waals surface area (Å²) in [4.78, 5) is 17.0. The fourth-order valence-electron chi connectivity index (χ4n) is 3.18. The van der Waals surface area contributed by atoms with Gasteiger partial charge in [0.15, 0.2) is 0 Å². The van der Waals surface area contributed by atoms with Gasteiger partial charge < -0.3 is 4.90 Å². The molecule has 0 radical (unpaired) electrons. The van der Waals surface area contributed by atoms with Gasteiger partial charge in [0.1, 0.15) is 0 Å². The van der Waals surface area contributed by atoms with Crippen LogP contribution >= 0.6 is 35.0 Å². The Morgan fingerprint density at radius 1 is 1.18 bits per heavy atom. The van der Waals surface area contributed by atoms with Crippen molar-refractivity contribution in [2.45, 2.75) is 25.4 Å². The predicted molar refractivity (Wildman–Crippen MR) is 93.8 cm³/mol. The third kappa shape index (κ3) is 3.56. The Hall–Kier alpha value is -0.420. The average Bonchev–Trinajstić information content (AvgIpc) is 2.99. The zero-order chi connectivity index (χ0) is 15.5. The minimum atomic E-state index is -0.0181. The molecule has 1 atom stereocenters. The molecule has 2 fully saturated rings. The fraction of sp³-hybridized carbons (Fsp3) is 0.562. The van der Waals surface area contributed by atoms with Gasteiger partial charge in [-0.1, -0.05) is 29.3 Å². The highest BCUT2D eigenvalue weighted by atomic mass is 35.5. The molecule has 0 aliphatic carbocycles. The van der Waals surface area contributed by atoms with Gasteiger partial charge in [0, 0.05) is 46.7 Å². The topological polar surface area (TPSA) is 23.6 Å². The molecule has 2 aliphatic heterocycles. The van der Waals surface area contributed by atoms with Crippen LogP contribution in [-0.4, -0.2) is 52.9 Å². The average molecular weight is 359 g/mol. The lowest BCUT2D eigenvalue weighted by Gasteiger charge is -2.32. The minimum absolute atomic E-state index is 0.0181. The molecule has 22 heavy (non-hydrogen) atoms. The molecule has 1 aromatic carbocycles. The molecular weight excluding hydrogens is 339 g/mol. The van der Waals surface area contributed by atoms with E-state index in [4.69, 9.17) is 23.2 Å². The van der Waals surface area contributed by atoms with Gasteiger partial charge in [0.2, 0.25) is 5.91 Å². The summed E-state index contributed by atoms with van der Waals surface area (Å²) in [5.41, 5.74) is 0.930. The Kier molecular flexibility index (Phi) is 5.55. The van der Waals surface area contributed by atoms with Gasteiger partial charge in [-0.3, -0.25) is 9.69 Å². The highest BCUT2D eigenvalue weighted by Crippen LogP contribution is 2.29. The molecular formula is C16H20Cl2N2OS. The Morgan fingerprint density at radius 2 is 1.86 bits per heavy atom. The molecule has 1 unspecified atom stereocenters. The van der Waals surface area contributed by atoms with Gasteiger partial charge in [0.25, 0.3) is 0 Å². The molecule has 3 rings (SSSR count). The second-order valence-electron chi connectivity index (χ2n) is 5.77. The van der Waals surface area contributed by atoms with E-state index in [1.54, 1.807) is 0 Å². The number of likely N-dealkylation sites (tertiary alicyclic amines) is 1. The number of hydrogen-bond donors (Lipinski definition) is 0.